The van der Waals surface area contributed by atoms with Gasteiger partial charge in [0.2, 0.25) is 0 Å². The van der Waals surface area contributed by atoms with Crippen molar-refractivity contribution >= 4 is 39.7 Å². The van der Waals surface area contributed by atoms with E-state index in [2.05, 4.69) is 9.97 Å². The molecule has 2 aromatic rings. The zero-order valence-corrected chi connectivity index (χ0v) is 10.1. The molecule has 2 rings (SSSR count). The third kappa shape index (κ3) is 2.69. The molecule has 16 heavy (non-hydrogen) atoms. The maximum Gasteiger partial charge on any atom is 0.325 e. The second-order valence-corrected chi connectivity index (χ2v) is 5.40. The zero-order valence-electron chi connectivity index (χ0n) is 7.66. The monoisotopic (exact) mass is 273 g/mol. The highest BCUT2D eigenvalue weighted by Crippen LogP contribution is 2.34. The van der Waals surface area contributed by atoms with Crippen molar-refractivity contribution in [1.29, 1.82) is 0 Å². The van der Waals surface area contributed by atoms with Crippen molar-refractivity contribution in [2.75, 3.05) is 0 Å². The number of rotatable bonds is 3. The average Bonchev–Trinajstić information content (AvgIpc) is 2.70. The van der Waals surface area contributed by atoms with Gasteiger partial charge in [0, 0.05) is 6.07 Å². The second-order valence-electron chi connectivity index (χ2n) is 2.64. The van der Waals surface area contributed by atoms with E-state index in [0.29, 0.717) is 10.2 Å². The van der Waals surface area contributed by atoms with Crippen molar-refractivity contribution in [2.45, 2.75) is 9.37 Å². The molecule has 0 radical (unpaired) electrons. The molecule has 82 valence electrons. The van der Waals surface area contributed by atoms with E-state index in [1.165, 1.54) is 30.2 Å². The third-order valence-electron chi connectivity index (χ3n) is 1.54. The Hall–Kier alpha value is -1.18. The molecular weight excluding hydrogens is 270 g/mol. The lowest BCUT2D eigenvalue weighted by Crippen LogP contribution is -1.82. The van der Waals surface area contributed by atoms with Gasteiger partial charge in [0.05, 0.1) is 26.5 Å². The Kier molecular flexibility index (Phi) is 3.37. The Balaban J connectivity index is 2.14. The summed E-state index contributed by atoms with van der Waals surface area (Å²) in [5, 5.41) is 11.6. The Morgan fingerprint density at radius 1 is 1.38 bits per heavy atom. The summed E-state index contributed by atoms with van der Waals surface area (Å²) in [5.41, 5.74) is 0. The summed E-state index contributed by atoms with van der Waals surface area (Å²) < 4.78 is 0.772. The molecule has 2 heterocycles. The minimum Gasteiger partial charge on any atom is -0.258 e. The molecule has 0 aliphatic carbocycles. The minimum atomic E-state index is -0.419. The van der Waals surface area contributed by atoms with Crippen LogP contribution in [0.25, 0.3) is 0 Å². The molecule has 0 spiro atoms. The Morgan fingerprint density at radius 3 is 2.62 bits per heavy atom. The topological polar surface area (TPSA) is 68.9 Å². The van der Waals surface area contributed by atoms with Gasteiger partial charge in [0.25, 0.3) is 0 Å². The molecule has 0 N–H and O–H groups in total. The van der Waals surface area contributed by atoms with Gasteiger partial charge >= 0.3 is 5.00 Å². The fourth-order valence-electron chi connectivity index (χ4n) is 0.907. The molecule has 2 aromatic heterocycles. The van der Waals surface area contributed by atoms with Crippen LogP contribution in [0.1, 0.15) is 0 Å². The molecule has 8 heteroatoms. The van der Waals surface area contributed by atoms with Gasteiger partial charge in [-0.05, 0) is 17.8 Å². The highest BCUT2D eigenvalue weighted by molar-refractivity contribution is 8.01. The molecule has 0 aliphatic heterocycles. The molecular formula is C8H4ClN3O2S2. The molecule has 0 aromatic carbocycles. The first-order valence-corrected chi connectivity index (χ1v) is 6.06. The fourth-order valence-corrected chi connectivity index (χ4v) is 2.73. The summed E-state index contributed by atoms with van der Waals surface area (Å²) in [6.07, 6.45) is 2.97. The highest BCUT2D eigenvalue weighted by atomic mass is 35.5. The van der Waals surface area contributed by atoms with E-state index in [9.17, 15) is 10.1 Å². The normalized spacial score (nSPS) is 10.3. The number of aromatic nitrogens is 2. The number of thiophene rings is 1. The molecule has 0 amide bonds. The summed E-state index contributed by atoms with van der Waals surface area (Å²) in [5.74, 6) is 0. The summed E-state index contributed by atoms with van der Waals surface area (Å²) in [7, 11) is 0. The van der Waals surface area contributed by atoms with E-state index in [0.717, 1.165) is 15.5 Å². The lowest BCUT2D eigenvalue weighted by Gasteiger charge is -1.94. The first-order valence-electron chi connectivity index (χ1n) is 4.05. The van der Waals surface area contributed by atoms with Crippen LogP contribution in [0.5, 0.6) is 0 Å². The van der Waals surface area contributed by atoms with Crippen LogP contribution >= 0.6 is 34.7 Å². The van der Waals surface area contributed by atoms with Gasteiger partial charge in [-0.15, -0.1) is 0 Å². The predicted molar refractivity (Wildman–Crippen MR) is 62.1 cm³/mol. The van der Waals surface area contributed by atoms with Crippen molar-refractivity contribution in [1.82, 2.24) is 9.97 Å². The lowest BCUT2D eigenvalue weighted by atomic mass is 10.6. The number of nitro groups is 1. The summed E-state index contributed by atoms with van der Waals surface area (Å²) >= 11 is 8.00. The van der Waals surface area contributed by atoms with Gasteiger partial charge in [-0.3, -0.25) is 10.1 Å². The third-order valence-corrected chi connectivity index (χ3v) is 3.79. The number of hydrogen-bond acceptors (Lipinski definition) is 6. The first-order chi connectivity index (χ1) is 7.65. The van der Waals surface area contributed by atoms with Crippen LogP contribution in [0, 0.1) is 10.1 Å². The van der Waals surface area contributed by atoms with Gasteiger partial charge in [0.15, 0.2) is 5.16 Å². The summed E-state index contributed by atoms with van der Waals surface area (Å²) in [4.78, 5) is 18.0. The van der Waals surface area contributed by atoms with Crippen LogP contribution in [-0.2, 0) is 0 Å². The van der Waals surface area contributed by atoms with Gasteiger partial charge in [-0.1, -0.05) is 22.9 Å². The van der Waals surface area contributed by atoms with E-state index in [-0.39, 0.29) is 5.00 Å². The van der Waals surface area contributed by atoms with Gasteiger partial charge in [-0.25, -0.2) is 9.97 Å². The fraction of sp³-hybridized carbons (Fsp3) is 0. The molecule has 0 saturated heterocycles. The SMILES string of the molecule is O=[N+]([O-])c1ccc(Sc2ncc(Cl)cn2)s1. The van der Waals surface area contributed by atoms with Crippen molar-refractivity contribution in [3.8, 4) is 0 Å². The number of nitrogens with zero attached hydrogens (tertiary/aromatic N) is 3. The maximum atomic E-state index is 10.5. The van der Waals surface area contributed by atoms with Crippen molar-refractivity contribution in [3.05, 3.63) is 39.7 Å². The lowest BCUT2D eigenvalue weighted by molar-refractivity contribution is -0.380. The largest absolute Gasteiger partial charge is 0.325 e. The van der Waals surface area contributed by atoms with E-state index in [1.807, 2.05) is 0 Å². The minimum absolute atomic E-state index is 0.108. The number of hydrogen-bond donors (Lipinski definition) is 0. The molecule has 0 fully saturated rings. The van der Waals surface area contributed by atoms with Crippen LogP contribution in [0.2, 0.25) is 5.02 Å². The summed E-state index contributed by atoms with van der Waals surface area (Å²) in [6.45, 7) is 0. The molecule has 0 bridgehead atoms. The van der Waals surface area contributed by atoms with Crippen molar-refractivity contribution < 1.29 is 4.92 Å². The predicted octanol–water partition coefficient (Wildman–Crippen LogP) is 3.25. The quantitative estimate of drug-likeness (QED) is 0.488. The van der Waals surface area contributed by atoms with E-state index < -0.39 is 4.92 Å². The molecule has 0 unspecified atom stereocenters. The van der Waals surface area contributed by atoms with E-state index >= 15 is 0 Å². The Labute approximate surface area is 104 Å². The van der Waals surface area contributed by atoms with Crippen LogP contribution < -0.4 is 0 Å². The molecule has 0 atom stereocenters. The van der Waals surface area contributed by atoms with Crippen molar-refractivity contribution in [3.63, 3.8) is 0 Å². The van der Waals surface area contributed by atoms with Crippen LogP contribution in [0.3, 0.4) is 0 Å². The first kappa shape index (κ1) is 11.3. The van der Waals surface area contributed by atoms with Gasteiger partial charge in [0.1, 0.15) is 0 Å². The van der Waals surface area contributed by atoms with E-state index in [1.54, 1.807) is 6.07 Å². The second kappa shape index (κ2) is 4.77. The Bertz CT molecular complexity index is 514. The average molecular weight is 274 g/mol. The van der Waals surface area contributed by atoms with E-state index in [4.69, 9.17) is 11.6 Å². The highest BCUT2D eigenvalue weighted by Gasteiger charge is 2.11. The maximum absolute atomic E-state index is 10.5. The standard InChI is InChI=1S/C8H4ClN3O2S2/c9-5-3-10-8(11-4-5)16-7-2-1-6(15-7)12(13)14/h1-4H. The molecule has 0 aliphatic rings. The molecule has 5 nitrogen and oxygen atoms in total. The smallest absolute Gasteiger partial charge is 0.258 e. The summed E-state index contributed by atoms with van der Waals surface area (Å²) in [6, 6.07) is 3.13. The zero-order chi connectivity index (χ0) is 11.5. The van der Waals surface area contributed by atoms with Crippen molar-refractivity contribution in [2.24, 2.45) is 0 Å². The van der Waals surface area contributed by atoms with Gasteiger partial charge in [-0.2, -0.15) is 0 Å². The number of halogens is 1. The van der Waals surface area contributed by atoms with Crippen LogP contribution in [0.4, 0.5) is 5.00 Å². The van der Waals surface area contributed by atoms with Crippen LogP contribution in [0.15, 0.2) is 33.9 Å². The molecule has 0 saturated carbocycles. The Morgan fingerprint density at radius 2 is 2.06 bits per heavy atom. The van der Waals surface area contributed by atoms with Crippen LogP contribution in [-0.4, -0.2) is 14.9 Å². The van der Waals surface area contributed by atoms with Gasteiger partial charge < -0.3 is 0 Å².